The molecule has 1 aromatic carbocycles. The first-order valence-electron chi connectivity index (χ1n) is 6.04. The second-order valence-electron chi connectivity index (χ2n) is 4.73. The Labute approximate surface area is 109 Å². The summed E-state index contributed by atoms with van der Waals surface area (Å²) in [4.78, 5) is 1.23. The predicted octanol–water partition coefficient (Wildman–Crippen LogP) is 4.19. The van der Waals surface area contributed by atoms with E-state index in [1.54, 1.807) is 11.8 Å². The largest absolute Gasteiger partial charge is 0.392 e. The Morgan fingerprint density at radius 1 is 1.29 bits per heavy atom. The molecule has 0 aliphatic heterocycles. The highest BCUT2D eigenvalue weighted by atomic mass is 32.2. The number of hydrogen-bond donors (Lipinski definition) is 1. The van der Waals surface area contributed by atoms with Crippen molar-refractivity contribution in [3.63, 3.8) is 0 Å². The fourth-order valence-corrected chi connectivity index (χ4v) is 2.52. The topological polar surface area (TPSA) is 20.2 Å². The first-order chi connectivity index (χ1) is 7.99. The summed E-state index contributed by atoms with van der Waals surface area (Å²) in [6.07, 6.45) is 2.81. The summed E-state index contributed by atoms with van der Waals surface area (Å²) in [5.41, 5.74) is 2.58. The van der Waals surface area contributed by atoms with Crippen LogP contribution in [0.4, 0.5) is 0 Å². The van der Waals surface area contributed by atoms with E-state index in [2.05, 4.69) is 51.1 Å². The van der Waals surface area contributed by atoms with Crippen LogP contribution < -0.4 is 0 Å². The number of benzene rings is 1. The van der Waals surface area contributed by atoms with Gasteiger partial charge in [0.2, 0.25) is 0 Å². The van der Waals surface area contributed by atoms with E-state index in [4.69, 9.17) is 0 Å². The van der Waals surface area contributed by atoms with Crippen LogP contribution in [0.2, 0.25) is 0 Å². The average molecular weight is 250 g/mol. The predicted molar refractivity (Wildman–Crippen MR) is 76.6 cm³/mol. The van der Waals surface area contributed by atoms with Crippen molar-refractivity contribution >= 4 is 11.8 Å². The molecule has 1 nitrogen and oxygen atoms in total. The highest BCUT2D eigenvalue weighted by Crippen LogP contribution is 2.28. The Bertz CT molecular complexity index is 361. The molecule has 17 heavy (non-hydrogen) atoms. The molecule has 2 heteroatoms. The van der Waals surface area contributed by atoms with Gasteiger partial charge in [-0.1, -0.05) is 29.3 Å². The van der Waals surface area contributed by atoms with Crippen molar-refractivity contribution in [2.75, 3.05) is 0 Å². The molecular weight excluding hydrogens is 228 g/mol. The number of aryl methyl sites for hydroxylation is 1. The molecule has 2 atom stereocenters. The van der Waals surface area contributed by atoms with Gasteiger partial charge in [-0.05, 0) is 46.2 Å². The summed E-state index contributed by atoms with van der Waals surface area (Å²) in [5.74, 6) is 0. The molecule has 0 bridgehead atoms. The van der Waals surface area contributed by atoms with Crippen LogP contribution in [0.1, 0.15) is 32.8 Å². The molecule has 0 heterocycles. The van der Waals surface area contributed by atoms with E-state index in [-0.39, 0.29) is 11.4 Å². The minimum atomic E-state index is -0.295. The summed E-state index contributed by atoms with van der Waals surface area (Å²) < 4.78 is 0. The van der Waals surface area contributed by atoms with Crippen LogP contribution in [0.15, 0.2) is 40.8 Å². The molecule has 0 saturated heterocycles. The SMILES string of the molecule is CC(C)=CC[C@H](Sc1ccc(C)cc1)[C@H](C)O. The highest BCUT2D eigenvalue weighted by Gasteiger charge is 2.14. The van der Waals surface area contributed by atoms with E-state index in [1.807, 2.05) is 6.92 Å². The Morgan fingerprint density at radius 3 is 2.35 bits per heavy atom. The first-order valence-corrected chi connectivity index (χ1v) is 6.91. The average Bonchev–Trinajstić information content (AvgIpc) is 2.26. The lowest BCUT2D eigenvalue weighted by Crippen LogP contribution is -2.18. The van der Waals surface area contributed by atoms with Gasteiger partial charge in [-0.15, -0.1) is 11.8 Å². The van der Waals surface area contributed by atoms with Gasteiger partial charge in [0.25, 0.3) is 0 Å². The zero-order valence-corrected chi connectivity index (χ0v) is 11.9. The van der Waals surface area contributed by atoms with Gasteiger partial charge in [-0.3, -0.25) is 0 Å². The van der Waals surface area contributed by atoms with Crippen molar-refractivity contribution in [3.8, 4) is 0 Å². The number of allylic oxidation sites excluding steroid dienone is 2. The smallest absolute Gasteiger partial charge is 0.0637 e. The van der Waals surface area contributed by atoms with Crippen LogP contribution >= 0.6 is 11.8 Å². The van der Waals surface area contributed by atoms with Crippen LogP contribution in [-0.2, 0) is 0 Å². The van der Waals surface area contributed by atoms with Crippen molar-refractivity contribution in [1.82, 2.24) is 0 Å². The minimum Gasteiger partial charge on any atom is -0.392 e. The van der Waals surface area contributed by atoms with E-state index in [9.17, 15) is 5.11 Å². The first kappa shape index (κ1) is 14.3. The molecule has 1 aromatic rings. The van der Waals surface area contributed by atoms with Crippen LogP contribution in [0.25, 0.3) is 0 Å². The molecule has 0 aliphatic rings. The standard InChI is InChI=1S/C15H22OS/c1-11(2)5-10-15(13(4)16)17-14-8-6-12(3)7-9-14/h5-9,13,15-16H,10H2,1-4H3/t13-,15-/m0/s1. The number of aliphatic hydroxyl groups is 1. The van der Waals surface area contributed by atoms with Gasteiger partial charge in [0.1, 0.15) is 0 Å². The van der Waals surface area contributed by atoms with Crippen molar-refractivity contribution < 1.29 is 5.11 Å². The Balaban J connectivity index is 2.66. The normalized spacial score (nSPS) is 14.2. The lowest BCUT2D eigenvalue weighted by Gasteiger charge is -2.18. The van der Waals surface area contributed by atoms with Gasteiger partial charge >= 0.3 is 0 Å². The molecule has 1 N–H and O–H groups in total. The van der Waals surface area contributed by atoms with E-state index in [1.165, 1.54) is 16.0 Å². The molecule has 0 fully saturated rings. The van der Waals surface area contributed by atoms with E-state index in [0.717, 1.165) is 6.42 Å². The molecule has 0 spiro atoms. The number of thioether (sulfide) groups is 1. The van der Waals surface area contributed by atoms with Crippen molar-refractivity contribution in [2.45, 2.75) is 50.4 Å². The maximum absolute atomic E-state index is 9.79. The number of aliphatic hydroxyl groups excluding tert-OH is 1. The third-order valence-electron chi connectivity index (χ3n) is 2.60. The number of hydrogen-bond acceptors (Lipinski definition) is 2. The van der Waals surface area contributed by atoms with Gasteiger partial charge in [0.05, 0.1) is 6.10 Å². The fourth-order valence-electron chi connectivity index (χ4n) is 1.49. The zero-order chi connectivity index (χ0) is 12.8. The third kappa shape index (κ3) is 5.42. The van der Waals surface area contributed by atoms with Crippen molar-refractivity contribution in [3.05, 3.63) is 41.5 Å². The van der Waals surface area contributed by atoms with Crippen LogP contribution in [0, 0.1) is 6.92 Å². The molecule has 0 radical (unpaired) electrons. The quantitative estimate of drug-likeness (QED) is 0.624. The fraction of sp³-hybridized carbons (Fsp3) is 0.467. The van der Waals surface area contributed by atoms with E-state index >= 15 is 0 Å². The zero-order valence-electron chi connectivity index (χ0n) is 11.1. The second-order valence-corrected chi connectivity index (χ2v) is 6.04. The van der Waals surface area contributed by atoms with Gasteiger partial charge in [0, 0.05) is 10.1 Å². The Kier molecular flexibility index (Phi) is 5.79. The van der Waals surface area contributed by atoms with Gasteiger partial charge < -0.3 is 5.11 Å². The molecular formula is C15H22OS. The monoisotopic (exact) mass is 250 g/mol. The molecule has 0 aliphatic carbocycles. The molecule has 0 amide bonds. The van der Waals surface area contributed by atoms with Crippen LogP contribution in [0.5, 0.6) is 0 Å². The van der Waals surface area contributed by atoms with E-state index < -0.39 is 0 Å². The molecule has 0 unspecified atom stereocenters. The van der Waals surface area contributed by atoms with Gasteiger partial charge in [-0.2, -0.15) is 0 Å². The summed E-state index contributed by atoms with van der Waals surface area (Å²) in [6.45, 7) is 8.14. The van der Waals surface area contributed by atoms with E-state index in [0.29, 0.717) is 0 Å². The summed E-state index contributed by atoms with van der Waals surface area (Å²) in [5, 5.41) is 10.0. The second kappa shape index (κ2) is 6.87. The van der Waals surface area contributed by atoms with Crippen molar-refractivity contribution in [1.29, 1.82) is 0 Å². The van der Waals surface area contributed by atoms with Crippen molar-refractivity contribution in [2.24, 2.45) is 0 Å². The molecule has 0 aromatic heterocycles. The molecule has 0 saturated carbocycles. The van der Waals surface area contributed by atoms with Crippen LogP contribution in [0.3, 0.4) is 0 Å². The van der Waals surface area contributed by atoms with Crippen LogP contribution in [-0.4, -0.2) is 16.5 Å². The maximum atomic E-state index is 9.79. The summed E-state index contributed by atoms with van der Waals surface area (Å²) in [7, 11) is 0. The Morgan fingerprint density at radius 2 is 1.88 bits per heavy atom. The lowest BCUT2D eigenvalue weighted by molar-refractivity contribution is 0.192. The molecule has 1 rings (SSSR count). The maximum Gasteiger partial charge on any atom is 0.0637 e. The highest BCUT2D eigenvalue weighted by molar-refractivity contribution is 8.00. The molecule has 94 valence electrons. The minimum absolute atomic E-state index is 0.229. The van der Waals surface area contributed by atoms with Gasteiger partial charge in [-0.25, -0.2) is 0 Å². The summed E-state index contributed by atoms with van der Waals surface area (Å²) in [6, 6.07) is 8.47. The lowest BCUT2D eigenvalue weighted by atomic mass is 10.1. The third-order valence-corrected chi connectivity index (χ3v) is 4.04. The Hall–Kier alpha value is -0.730. The summed E-state index contributed by atoms with van der Waals surface area (Å²) >= 11 is 1.75. The van der Waals surface area contributed by atoms with Gasteiger partial charge in [0.15, 0.2) is 0 Å². The number of rotatable bonds is 5.